The SMILES string of the molecule is CC.N#Cc1c(C(F)(F)F)cc(N2CCCC2)nc1N1CCC1. The second kappa shape index (κ2) is 7.07. The van der Waals surface area contributed by atoms with Crippen molar-refractivity contribution in [3.8, 4) is 6.07 Å². The molecule has 126 valence electrons. The molecule has 0 N–H and O–H groups in total. The Kier molecular flexibility index (Phi) is 5.34. The van der Waals surface area contributed by atoms with E-state index < -0.39 is 11.7 Å². The van der Waals surface area contributed by atoms with Crippen molar-refractivity contribution < 1.29 is 13.2 Å². The fourth-order valence-electron chi connectivity index (χ4n) is 2.72. The number of hydrogen-bond donors (Lipinski definition) is 0. The first-order chi connectivity index (χ1) is 11.0. The van der Waals surface area contributed by atoms with Gasteiger partial charge in [-0.25, -0.2) is 4.98 Å². The van der Waals surface area contributed by atoms with Gasteiger partial charge in [-0.2, -0.15) is 18.4 Å². The average Bonchev–Trinajstić information content (AvgIpc) is 3.00. The minimum atomic E-state index is -4.54. The molecule has 1 aromatic rings. The molecule has 7 heteroatoms. The molecule has 0 aromatic carbocycles. The van der Waals surface area contributed by atoms with Gasteiger partial charge in [0.05, 0.1) is 5.56 Å². The first-order valence-corrected chi connectivity index (χ1v) is 8.03. The van der Waals surface area contributed by atoms with Crippen LogP contribution in [0.5, 0.6) is 0 Å². The number of halogens is 3. The minimum Gasteiger partial charge on any atom is -0.357 e. The van der Waals surface area contributed by atoms with Gasteiger partial charge in [0.1, 0.15) is 23.3 Å². The van der Waals surface area contributed by atoms with Gasteiger partial charge < -0.3 is 9.80 Å². The predicted octanol–water partition coefficient (Wildman–Crippen LogP) is 3.81. The fraction of sp³-hybridized carbons (Fsp3) is 0.625. The van der Waals surface area contributed by atoms with E-state index in [1.54, 1.807) is 11.0 Å². The van der Waals surface area contributed by atoms with Gasteiger partial charge in [-0.1, -0.05) is 13.8 Å². The van der Waals surface area contributed by atoms with Crippen molar-refractivity contribution in [3.63, 3.8) is 0 Å². The second-order valence-corrected chi connectivity index (χ2v) is 5.37. The number of nitriles is 1. The summed E-state index contributed by atoms with van der Waals surface area (Å²) in [6.07, 6.45) is -1.70. The maximum atomic E-state index is 13.3. The Morgan fingerprint density at radius 1 is 1.04 bits per heavy atom. The maximum Gasteiger partial charge on any atom is 0.417 e. The zero-order valence-electron chi connectivity index (χ0n) is 13.4. The van der Waals surface area contributed by atoms with Crippen LogP contribution in [0, 0.1) is 11.3 Å². The summed E-state index contributed by atoms with van der Waals surface area (Å²) in [6.45, 7) is 6.75. The molecule has 0 saturated carbocycles. The van der Waals surface area contributed by atoms with Gasteiger partial charge in [-0.05, 0) is 25.3 Å². The summed E-state index contributed by atoms with van der Waals surface area (Å²) in [6, 6.07) is 2.72. The number of hydrogen-bond acceptors (Lipinski definition) is 4. The summed E-state index contributed by atoms with van der Waals surface area (Å²) in [5.41, 5.74) is -1.23. The molecule has 23 heavy (non-hydrogen) atoms. The van der Waals surface area contributed by atoms with E-state index in [9.17, 15) is 13.2 Å². The first kappa shape index (κ1) is 17.4. The monoisotopic (exact) mass is 326 g/mol. The zero-order chi connectivity index (χ0) is 17.0. The molecule has 0 atom stereocenters. The van der Waals surface area contributed by atoms with E-state index in [2.05, 4.69) is 4.98 Å². The lowest BCUT2D eigenvalue weighted by atomic mass is 10.1. The van der Waals surface area contributed by atoms with Gasteiger partial charge >= 0.3 is 6.18 Å². The lowest BCUT2D eigenvalue weighted by molar-refractivity contribution is -0.137. The Bertz CT molecular complexity index is 582. The molecule has 2 aliphatic heterocycles. The maximum absolute atomic E-state index is 13.3. The minimum absolute atomic E-state index is 0.181. The van der Waals surface area contributed by atoms with Crippen molar-refractivity contribution in [3.05, 3.63) is 17.2 Å². The van der Waals surface area contributed by atoms with E-state index >= 15 is 0 Å². The van der Waals surface area contributed by atoms with Crippen molar-refractivity contribution in [2.75, 3.05) is 36.0 Å². The molecule has 4 nitrogen and oxygen atoms in total. The molecule has 0 unspecified atom stereocenters. The van der Waals surface area contributed by atoms with E-state index in [0.29, 0.717) is 18.9 Å². The molecule has 3 heterocycles. The van der Waals surface area contributed by atoms with Crippen molar-refractivity contribution in [2.45, 2.75) is 39.3 Å². The predicted molar refractivity (Wildman–Crippen MR) is 83.6 cm³/mol. The van der Waals surface area contributed by atoms with E-state index in [1.165, 1.54) is 0 Å². The highest BCUT2D eigenvalue weighted by molar-refractivity contribution is 5.64. The normalized spacial score (nSPS) is 17.2. The average molecular weight is 326 g/mol. The first-order valence-electron chi connectivity index (χ1n) is 8.03. The van der Waals surface area contributed by atoms with Crippen LogP contribution in [0.4, 0.5) is 24.8 Å². The van der Waals surface area contributed by atoms with Crippen LogP contribution in [0.25, 0.3) is 0 Å². The second-order valence-electron chi connectivity index (χ2n) is 5.37. The molecule has 2 aliphatic rings. The smallest absolute Gasteiger partial charge is 0.357 e. The van der Waals surface area contributed by atoms with Crippen molar-refractivity contribution in [1.29, 1.82) is 5.26 Å². The highest BCUT2D eigenvalue weighted by Crippen LogP contribution is 2.38. The molecule has 2 saturated heterocycles. The number of pyridine rings is 1. The summed E-state index contributed by atoms with van der Waals surface area (Å²) in [5.74, 6) is 0.515. The van der Waals surface area contributed by atoms with E-state index in [-0.39, 0.29) is 11.4 Å². The van der Waals surface area contributed by atoms with Gasteiger partial charge in [-0.15, -0.1) is 0 Å². The highest BCUT2D eigenvalue weighted by atomic mass is 19.4. The van der Waals surface area contributed by atoms with Gasteiger partial charge in [0.25, 0.3) is 0 Å². The van der Waals surface area contributed by atoms with Crippen LogP contribution in [-0.2, 0) is 6.18 Å². The third kappa shape index (κ3) is 3.52. The largest absolute Gasteiger partial charge is 0.417 e. The molecular weight excluding hydrogens is 305 g/mol. The molecule has 3 rings (SSSR count). The van der Waals surface area contributed by atoms with Crippen LogP contribution >= 0.6 is 0 Å². The van der Waals surface area contributed by atoms with Crippen molar-refractivity contribution >= 4 is 11.6 Å². The Morgan fingerprint density at radius 2 is 1.61 bits per heavy atom. The number of anilines is 2. The third-order valence-electron chi connectivity index (χ3n) is 3.99. The summed E-state index contributed by atoms with van der Waals surface area (Å²) < 4.78 is 39.8. The van der Waals surface area contributed by atoms with E-state index in [0.717, 1.165) is 38.4 Å². The van der Waals surface area contributed by atoms with Crippen LogP contribution < -0.4 is 9.80 Å². The molecule has 1 aromatic heterocycles. The highest BCUT2D eigenvalue weighted by Gasteiger charge is 2.38. The molecule has 0 radical (unpaired) electrons. The summed E-state index contributed by atoms with van der Waals surface area (Å²) >= 11 is 0. The van der Waals surface area contributed by atoms with Crippen LogP contribution in [0.15, 0.2) is 6.07 Å². The third-order valence-corrected chi connectivity index (χ3v) is 3.99. The quantitative estimate of drug-likeness (QED) is 0.829. The van der Waals surface area contributed by atoms with Crippen molar-refractivity contribution in [1.82, 2.24) is 4.98 Å². The number of nitrogens with zero attached hydrogens (tertiary/aromatic N) is 4. The van der Waals surface area contributed by atoms with Gasteiger partial charge in [0.15, 0.2) is 0 Å². The fourth-order valence-corrected chi connectivity index (χ4v) is 2.72. The summed E-state index contributed by atoms with van der Waals surface area (Å²) in [4.78, 5) is 7.96. The lowest BCUT2D eigenvalue weighted by Gasteiger charge is -2.34. The van der Waals surface area contributed by atoms with E-state index in [4.69, 9.17) is 5.26 Å². The van der Waals surface area contributed by atoms with Gasteiger partial charge in [-0.3, -0.25) is 0 Å². The van der Waals surface area contributed by atoms with Crippen LogP contribution in [0.2, 0.25) is 0 Å². The molecule has 0 bridgehead atoms. The molecule has 0 aliphatic carbocycles. The summed E-state index contributed by atoms with van der Waals surface area (Å²) in [7, 11) is 0. The zero-order valence-corrected chi connectivity index (χ0v) is 13.4. The van der Waals surface area contributed by atoms with E-state index in [1.807, 2.05) is 18.7 Å². The topological polar surface area (TPSA) is 43.2 Å². The van der Waals surface area contributed by atoms with Crippen molar-refractivity contribution in [2.24, 2.45) is 0 Å². The molecule has 0 amide bonds. The Balaban J connectivity index is 0.000000924. The number of aromatic nitrogens is 1. The standard InChI is InChI=1S/C14H15F3N4.C2H6/c15-14(16,17)11-8-12(20-4-1-2-5-20)19-13(10(11)9-18)21-6-3-7-21;1-2/h8H,1-7H2;1-2H3. The lowest BCUT2D eigenvalue weighted by Crippen LogP contribution is -2.39. The van der Waals surface area contributed by atoms with Crippen LogP contribution in [0.3, 0.4) is 0 Å². The molecule has 0 spiro atoms. The Hall–Kier alpha value is -1.97. The number of rotatable bonds is 2. The van der Waals surface area contributed by atoms with Gasteiger partial charge in [0.2, 0.25) is 0 Å². The van der Waals surface area contributed by atoms with Crippen LogP contribution in [0.1, 0.15) is 44.2 Å². The Morgan fingerprint density at radius 3 is 2.04 bits per heavy atom. The Labute approximate surface area is 134 Å². The molecule has 2 fully saturated rings. The number of alkyl halides is 3. The van der Waals surface area contributed by atoms with Crippen LogP contribution in [-0.4, -0.2) is 31.2 Å². The summed E-state index contributed by atoms with van der Waals surface area (Å²) in [5, 5.41) is 9.16. The molecular formula is C16H21F3N4. The van der Waals surface area contributed by atoms with Gasteiger partial charge in [0, 0.05) is 26.2 Å².